The van der Waals surface area contributed by atoms with Crippen molar-refractivity contribution in [2.24, 2.45) is 5.92 Å². The molecule has 1 N–H and O–H groups in total. The van der Waals surface area contributed by atoms with Crippen molar-refractivity contribution in [1.82, 2.24) is 15.1 Å². The highest BCUT2D eigenvalue weighted by Crippen LogP contribution is 2.48. The molecule has 4 saturated heterocycles. The second-order valence-electron chi connectivity index (χ2n) is 8.35. The number of carbonyl (C=O) groups is 2. The molecule has 0 radical (unpaired) electrons. The van der Waals surface area contributed by atoms with E-state index in [1.165, 1.54) is 25.3 Å². The van der Waals surface area contributed by atoms with Gasteiger partial charge in [0.25, 0.3) is 0 Å². The molecule has 28 heavy (non-hydrogen) atoms. The zero-order chi connectivity index (χ0) is 19.3. The van der Waals surface area contributed by atoms with E-state index in [4.69, 9.17) is 9.47 Å². The van der Waals surface area contributed by atoms with E-state index in [1.54, 1.807) is 0 Å². The first-order valence-electron chi connectivity index (χ1n) is 10.3. The van der Waals surface area contributed by atoms with Crippen LogP contribution in [0.4, 0.5) is 0 Å². The number of rotatable bonds is 4. The van der Waals surface area contributed by atoms with Crippen LogP contribution in [0.25, 0.3) is 0 Å². The van der Waals surface area contributed by atoms with Crippen LogP contribution >= 0.6 is 0 Å². The molecule has 5 aliphatic heterocycles. The van der Waals surface area contributed by atoms with E-state index >= 15 is 0 Å². The largest absolute Gasteiger partial charge is 0.454 e. The molecule has 4 fully saturated rings. The number of nitrogens with one attached hydrogen (secondary N) is 1. The van der Waals surface area contributed by atoms with Crippen molar-refractivity contribution < 1.29 is 19.1 Å². The fourth-order valence-electron chi connectivity index (χ4n) is 5.63. The molecule has 0 aliphatic carbocycles. The van der Waals surface area contributed by atoms with Gasteiger partial charge in [0, 0.05) is 38.4 Å². The molecule has 0 saturated carbocycles. The Kier molecular flexibility index (Phi) is 4.42. The molecule has 0 unspecified atom stereocenters. The van der Waals surface area contributed by atoms with Gasteiger partial charge >= 0.3 is 0 Å². The predicted octanol–water partition coefficient (Wildman–Crippen LogP) is 1.33. The fraction of sp³-hybridized carbons (Fsp3) is 0.619. The smallest absolute Gasteiger partial charge is 0.231 e. The number of likely N-dealkylation sites (tertiary alicyclic amines) is 1. The highest BCUT2D eigenvalue weighted by atomic mass is 16.7. The summed E-state index contributed by atoms with van der Waals surface area (Å²) in [4.78, 5) is 28.9. The van der Waals surface area contributed by atoms with Crippen LogP contribution in [-0.4, -0.2) is 66.7 Å². The van der Waals surface area contributed by atoms with Crippen molar-refractivity contribution in [3.8, 4) is 11.5 Å². The number of benzene rings is 1. The first-order chi connectivity index (χ1) is 13.6. The van der Waals surface area contributed by atoms with Crippen LogP contribution in [0.1, 0.15) is 37.7 Å². The van der Waals surface area contributed by atoms with Crippen molar-refractivity contribution >= 4 is 11.8 Å². The van der Waals surface area contributed by atoms with E-state index in [9.17, 15) is 9.59 Å². The molecule has 150 valence electrons. The summed E-state index contributed by atoms with van der Waals surface area (Å²) in [6.07, 6.45) is 2.71. The molecule has 2 amide bonds. The van der Waals surface area contributed by atoms with E-state index in [0.717, 1.165) is 31.1 Å². The van der Waals surface area contributed by atoms with Crippen molar-refractivity contribution in [2.75, 3.05) is 33.0 Å². The summed E-state index contributed by atoms with van der Waals surface area (Å²) in [5.74, 6) is 2.53. The lowest BCUT2D eigenvalue weighted by Crippen LogP contribution is -2.60. The molecule has 5 heterocycles. The number of piperidine rings is 3. The minimum Gasteiger partial charge on any atom is -0.454 e. The SMILES string of the molecule is CC(=O)NCCC(=O)N1C[C@@H](c2ccc3c(c2)OCO3)[C@@H]2[C@H]1C1CCN2CC1. The van der Waals surface area contributed by atoms with Gasteiger partial charge in [-0.1, -0.05) is 6.07 Å². The van der Waals surface area contributed by atoms with Gasteiger partial charge in [0.1, 0.15) is 0 Å². The fourth-order valence-corrected chi connectivity index (χ4v) is 5.63. The van der Waals surface area contributed by atoms with Crippen LogP contribution in [0.15, 0.2) is 18.2 Å². The molecule has 6 rings (SSSR count). The zero-order valence-corrected chi connectivity index (χ0v) is 16.2. The Balaban J connectivity index is 1.41. The topological polar surface area (TPSA) is 71.1 Å². The molecule has 7 heteroatoms. The maximum atomic E-state index is 13.0. The first kappa shape index (κ1) is 17.8. The van der Waals surface area contributed by atoms with Crippen molar-refractivity contribution in [3.05, 3.63) is 23.8 Å². The Hall–Kier alpha value is -2.28. The van der Waals surface area contributed by atoms with Crippen molar-refractivity contribution in [1.29, 1.82) is 0 Å². The maximum Gasteiger partial charge on any atom is 0.231 e. The minimum atomic E-state index is -0.0897. The average Bonchev–Trinajstić information content (AvgIpc) is 3.33. The molecule has 7 nitrogen and oxygen atoms in total. The highest BCUT2D eigenvalue weighted by molar-refractivity contribution is 5.79. The lowest BCUT2D eigenvalue weighted by Gasteiger charge is -2.51. The molecule has 3 atom stereocenters. The number of fused-ring (bicyclic) bond motifs is 3. The lowest BCUT2D eigenvalue weighted by atomic mass is 9.75. The summed E-state index contributed by atoms with van der Waals surface area (Å²) in [5.41, 5.74) is 1.23. The van der Waals surface area contributed by atoms with Crippen molar-refractivity contribution in [3.63, 3.8) is 0 Å². The van der Waals surface area contributed by atoms with E-state index in [0.29, 0.717) is 24.9 Å². The van der Waals surface area contributed by atoms with Gasteiger partial charge in [-0.2, -0.15) is 0 Å². The van der Waals surface area contributed by atoms with Crippen LogP contribution in [-0.2, 0) is 9.59 Å². The van der Waals surface area contributed by atoms with Crippen LogP contribution in [0.3, 0.4) is 0 Å². The standard InChI is InChI=1S/C21H27N3O4/c1-13(25)22-7-4-19(26)24-11-16(15-2-3-17-18(10-15)28-12-27-17)21-20(24)14-5-8-23(21)9-6-14/h2-3,10,14,16,20-21H,4-9,11-12H2,1H3,(H,22,25)/t16-,20+,21+/m0/s1. The summed E-state index contributed by atoms with van der Waals surface area (Å²) in [6, 6.07) is 6.87. The molecule has 2 bridgehead atoms. The van der Waals surface area contributed by atoms with Gasteiger partial charge in [0.05, 0.1) is 6.04 Å². The summed E-state index contributed by atoms with van der Waals surface area (Å²) in [5, 5.41) is 2.75. The number of amides is 2. The van der Waals surface area contributed by atoms with Gasteiger partial charge in [0.15, 0.2) is 11.5 Å². The van der Waals surface area contributed by atoms with Crippen LogP contribution in [0.5, 0.6) is 11.5 Å². The summed E-state index contributed by atoms with van der Waals surface area (Å²) >= 11 is 0. The third-order valence-corrected chi connectivity index (χ3v) is 6.85. The number of hydrogen-bond donors (Lipinski definition) is 1. The van der Waals surface area contributed by atoms with Gasteiger partial charge in [-0.3, -0.25) is 14.5 Å². The van der Waals surface area contributed by atoms with E-state index in [2.05, 4.69) is 27.2 Å². The normalized spacial score (nSPS) is 32.3. The summed E-state index contributed by atoms with van der Waals surface area (Å²) < 4.78 is 11.1. The third-order valence-electron chi connectivity index (χ3n) is 6.85. The number of nitrogens with zero attached hydrogens (tertiary/aromatic N) is 2. The maximum absolute atomic E-state index is 13.0. The Labute approximate surface area is 165 Å². The van der Waals surface area contributed by atoms with Crippen LogP contribution in [0.2, 0.25) is 0 Å². The van der Waals surface area contributed by atoms with E-state index in [1.807, 2.05) is 6.07 Å². The average molecular weight is 385 g/mol. The quantitative estimate of drug-likeness (QED) is 0.847. The van der Waals surface area contributed by atoms with E-state index in [-0.39, 0.29) is 30.6 Å². The molecule has 5 aliphatic rings. The van der Waals surface area contributed by atoms with Gasteiger partial charge in [0.2, 0.25) is 18.6 Å². The second kappa shape index (κ2) is 6.95. The van der Waals surface area contributed by atoms with Gasteiger partial charge < -0.3 is 19.7 Å². The Morgan fingerprint density at radius 2 is 1.93 bits per heavy atom. The molecular weight excluding hydrogens is 358 g/mol. The number of carbonyl (C=O) groups excluding carboxylic acids is 2. The second-order valence-corrected chi connectivity index (χ2v) is 8.35. The van der Waals surface area contributed by atoms with Crippen LogP contribution < -0.4 is 14.8 Å². The van der Waals surface area contributed by atoms with Crippen molar-refractivity contribution in [2.45, 2.75) is 44.2 Å². The number of ether oxygens (including phenoxy) is 2. The summed E-state index contributed by atoms with van der Waals surface area (Å²) in [6.45, 7) is 5.16. The Morgan fingerprint density at radius 1 is 1.14 bits per heavy atom. The monoisotopic (exact) mass is 385 g/mol. The predicted molar refractivity (Wildman–Crippen MR) is 102 cm³/mol. The van der Waals surface area contributed by atoms with E-state index < -0.39 is 0 Å². The molecule has 0 aromatic heterocycles. The Bertz CT molecular complexity index is 790. The minimum absolute atomic E-state index is 0.0897. The van der Waals surface area contributed by atoms with Gasteiger partial charge in [-0.25, -0.2) is 0 Å². The van der Waals surface area contributed by atoms with Gasteiger partial charge in [-0.15, -0.1) is 0 Å². The first-order valence-corrected chi connectivity index (χ1v) is 10.3. The Morgan fingerprint density at radius 3 is 2.71 bits per heavy atom. The molecule has 0 spiro atoms. The molecule has 1 aromatic rings. The lowest BCUT2D eigenvalue weighted by molar-refractivity contribution is -0.135. The molecular formula is C21H27N3O4. The summed E-state index contributed by atoms with van der Waals surface area (Å²) in [7, 11) is 0. The highest BCUT2D eigenvalue weighted by Gasteiger charge is 2.54. The molecule has 1 aromatic carbocycles. The van der Waals surface area contributed by atoms with Gasteiger partial charge in [-0.05, 0) is 49.5 Å². The van der Waals surface area contributed by atoms with Crippen LogP contribution in [0, 0.1) is 5.92 Å². The third kappa shape index (κ3) is 2.92. The number of hydrogen-bond acceptors (Lipinski definition) is 5. The zero-order valence-electron chi connectivity index (χ0n) is 16.2.